The summed E-state index contributed by atoms with van der Waals surface area (Å²) >= 11 is 0. The van der Waals surface area contributed by atoms with Crippen molar-refractivity contribution in [3.05, 3.63) is 71.1 Å². The predicted molar refractivity (Wildman–Crippen MR) is 118 cm³/mol. The van der Waals surface area contributed by atoms with E-state index in [0.717, 1.165) is 54.4 Å². The number of aryl methyl sites for hydroxylation is 4. The van der Waals surface area contributed by atoms with Gasteiger partial charge in [-0.1, -0.05) is 0 Å². The van der Waals surface area contributed by atoms with Crippen molar-refractivity contribution in [2.24, 2.45) is 0 Å². The highest BCUT2D eigenvalue weighted by atomic mass is 127. The molecule has 162 valence electrons. The number of hydrogen-bond acceptors (Lipinski definition) is 2. The molecule has 0 spiro atoms. The Morgan fingerprint density at radius 2 is 1.87 bits per heavy atom. The second-order valence-electron chi connectivity index (χ2n) is 8.05. The van der Waals surface area contributed by atoms with E-state index < -0.39 is 0 Å². The summed E-state index contributed by atoms with van der Waals surface area (Å²) in [6.07, 6.45) is 5.21. The summed E-state index contributed by atoms with van der Waals surface area (Å²) in [5.41, 5.74) is 6.94. The maximum absolute atomic E-state index is 13.9. The molecule has 2 aromatic carbocycles. The fraction of sp³-hybridized carbons (Fsp3) is 0.320. The van der Waals surface area contributed by atoms with Gasteiger partial charge in [0.05, 0.1) is 18.8 Å². The average Bonchev–Trinajstić information content (AvgIpc) is 3.37. The Morgan fingerprint density at radius 3 is 2.61 bits per heavy atom. The van der Waals surface area contributed by atoms with Gasteiger partial charge in [0.2, 0.25) is 5.88 Å². The number of fused-ring (bicyclic) bond motifs is 4. The Balaban J connectivity index is 0.00000231. The Hall–Kier alpha value is -2.35. The lowest BCUT2D eigenvalue weighted by Gasteiger charge is -2.15. The minimum Gasteiger partial charge on any atom is -1.00 e. The number of nitrogens with zero attached hydrogens (tertiary/aromatic N) is 3. The fourth-order valence-corrected chi connectivity index (χ4v) is 4.69. The number of anilines is 1. The average molecular weight is 531 g/mol. The Bertz CT molecular complexity index is 1240. The molecule has 3 aromatic rings. The number of ether oxygens (including phenoxy) is 1. The minimum absolute atomic E-state index is 0. The van der Waals surface area contributed by atoms with Crippen molar-refractivity contribution in [3.63, 3.8) is 0 Å². The fourth-order valence-electron chi connectivity index (χ4n) is 4.69. The van der Waals surface area contributed by atoms with Crippen LogP contribution >= 0.6 is 0 Å². The van der Waals surface area contributed by atoms with Gasteiger partial charge in [-0.3, -0.25) is 0 Å². The van der Waals surface area contributed by atoms with Crippen molar-refractivity contribution in [3.8, 4) is 5.75 Å². The lowest BCUT2D eigenvalue weighted by atomic mass is 10.1. The zero-order valence-electron chi connectivity index (χ0n) is 18.4. The van der Waals surface area contributed by atoms with E-state index in [0.29, 0.717) is 0 Å². The van der Waals surface area contributed by atoms with Crippen molar-refractivity contribution in [1.29, 1.82) is 0 Å². The lowest BCUT2D eigenvalue weighted by Crippen LogP contribution is -3.00. The van der Waals surface area contributed by atoms with Gasteiger partial charge in [-0.05, 0) is 75.2 Å². The van der Waals surface area contributed by atoms with Crippen LogP contribution in [0.15, 0.2) is 48.4 Å². The summed E-state index contributed by atoms with van der Waals surface area (Å²) in [6, 6.07) is 9.40. The zero-order valence-corrected chi connectivity index (χ0v) is 20.5. The van der Waals surface area contributed by atoms with Gasteiger partial charge in [-0.15, -0.1) is 0 Å². The second-order valence-corrected chi connectivity index (χ2v) is 8.05. The summed E-state index contributed by atoms with van der Waals surface area (Å²) < 4.78 is 24.6. The number of halogens is 2. The molecule has 5 rings (SSSR count). The van der Waals surface area contributed by atoms with Crippen LogP contribution in [-0.2, 0) is 13.1 Å². The molecule has 0 saturated carbocycles. The van der Waals surface area contributed by atoms with E-state index in [9.17, 15) is 4.39 Å². The predicted octanol–water partition coefficient (Wildman–Crippen LogP) is 2.26. The molecule has 1 aromatic heterocycles. The first-order valence-electron chi connectivity index (χ1n) is 10.7. The molecule has 6 heteroatoms. The third kappa shape index (κ3) is 3.45. The number of imidazole rings is 1. The van der Waals surface area contributed by atoms with Crippen molar-refractivity contribution < 1.29 is 37.7 Å². The second kappa shape index (κ2) is 8.30. The summed E-state index contributed by atoms with van der Waals surface area (Å²) in [6.45, 7) is 11.1. The number of aromatic nitrogens is 2. The topological polar surface area (TPSA) is 21.3 Å². The van der Waals surface area contributed by atoms with Crippen LogP contribution in [0.1, 0.15) is 37.2 Å². The van der Waals surface area contributed by atoms with Gasteiger partial charge in [0.15, 0.2) is 16.8 Å². The number of hydrogen-bond donors (Lipinski definition) is 0. The van der Waals surface area contributed by atoms with Gasteiger partial charge in [0.25, 0.3) is 5.82 Å². The standard InChI is InChI=1S/C25H27FN3O.HI/c1-5-27-22-13-16(3)17(4)14-23(22)30-24(27)10-7-18-11-12-29-20-9-8-19(26)15-21(20)28(6-2)25(18)29;/h7-10,13-15H,5-6,11-12H2,1-4H3;1H/q+1;/p-1. The number of benzene rings is 2. The van der Waals surface area contributed by atoms with Gasteiger partial charge in [0, 0.05) is 24.6 Å². The van der Waals surface area contributed by atoms with Crippen LogP contribution in [-0.4, -0.2) is 11.1 Å². The molecule has 0 atom stereocenters. The lowest BCUT2D eigenvalue weighted by molar-refractivity contribution is -0.670. The summed E-state index contributed by atoms with van der Waals surface area (Å²) in [7, 11) is 0. The van der Waals surface area contributed by atoms with E-state index in [2.05, 4.69) is 66.0 Å². The van der Waals surface area contributed by atoms with E-state index in [1.165, 1.54) is 22.5 Å². The summed E-state index contributed by atoms with van der Waals surface area (Å²) in [5.74, 6) is 2.75. The van der Waals surface area contributed by atoms with Gasteiger partial charge < -0.3 is 33.6 Å². The maximum Gasteiger partial charge on any atom is 0.285 e. The highest BCUT2D eigenvalue weighted by molar-refractivity contribution is 5.78. The van der Waals surface area contributed by atoms with Gasteiger partial charge in [0.1, 0.15) is 5.82 Å². The molecule has 0 unspecified atom stereocenters. The van der Waals surface area contributed by atoms with E-state index in [1.54, 1.807) is 12.1 Å². The first-order valence-corrected chi connectivity index (χ1v) is 10.7. The molecular weight excluding hydrogens is 504 g/mol. The Labute approximate surface area is 199 Å². The van der Waals surface area contributed by atoms with E-state index in [-0.39, 0.29) is 29.8 Å². The van der Waals surface area contributed by atoms with Gasteiger partial charge >= 0.3 is 0 Å². The SMILES string of the molecule is CCN1C(=CC=C2CCn3c2[n+](CC)c2cc(F)ccc23)Oc2cc(C)c(C)cc21.[I-]. The number of allylic oxidation sites excluding steroid dienone is 3. The van der Waals surface area contributed by atoms with Crippen molar-refractivity contribution in [1.82, 2.24) is 4.57 Å². The molecule has 0 fully saturated rings. The Kier molecular flexibility index (Phi) is 5.85. The van der Waals surface area contributed by atoms with Gasteiger partial charge in [-0.25, -0.2) is 13.5 Å². The molecule has 4 nitrogen and oxygen atoms in total. The van der Waals surface area contributed by atoms with Crippen molar-refractivity contribution >= 4 is 22.3 Å². The summed E-state index contributed by atoms with van der Waals surface area (Å²) in [5, 5.41) is 0. The van der Waals surface area contributed by atoms with E-state index in [1.807, 2.05) is 6.07 Å². The summed E-state index contributed by atoms with van der Waals surface area (Å²) in [4.78, 5) is 2.21. The third-order valence-electron chi connectivity index (χ3n) is 6.33. The van der Waals surface area contributed by atoms with Crippen LogP contribution in [0.5, 0.6) is 5.75 Å². The molecule has 0 amide bonds. The monoisotopic (exact) mass is 531 g/mol. The molecular formula is C25H27FIN3O. The number of rotatable bonds is 3. The van der Waals surface area contributed by atoms with Crippen LogP contribution in [0.2, 0.25) is 0 Å². The van der Waals surface area contributed by atoms with Crippen LogP contribution in [0.25, 0.3) is 16.6 Å². The molecule has 0 N–H and O–H groups in total. The van der Waals surface area contributed by atoms with Crippen LogP contribution in [0.4, 0.5) is 10.1 Å². The van der Waals surface area contributed by atoms with Crippen LogP contribution in [0.3, 0.4) is 0 Å². The molecule has 31 heavy (non-hydrogen) atoms. The first kappa shape index (κ1) is 21.9. The smallest absolute Gasteiger partial charge is 0.285 e. The van der Waals surface area contributed by atoms with E-state index in [4.69, 9.17) is 4.74 Å². The van der Waals surface area contributed by atoms with Crippen molar-refractivity contribution in [2.45, 2.75) is 47.2 Å². The van der Waals surface area contributed by atoms with Crippen LogP contribution < -0.4 is 38.2 Å². The van der Waals surface area contributed by atoms with E-state index >= 15 is 0 Å². The third-order valence-corrected chi connectivity index (χ3v) is 6.33. The Morgan fingerprint density at radius 1 is 1.10 bits per heavy atom. The molecule has 0 saturated heterocycles. The molecule has 2 aliphatic heterocycles. The van der Waals surface area contributed by atoms with Crippen LogP contribution in [0, 0.1) is 19.7 Å². The van der Waals surface area contributed by atoms with Crippen molar-refractivity contribution in [2.75, 3.05) is 11.4 Å². The highest BCUT2D eigenvalue weighted by Gasteiger charge is 2.33. The highest BCUT2D eigenvalue weighted by Crippen LogP contribution is 2.41. The normalized spacial score (nSPS) is 17.3. The molecule has 0 bridgehead atoms. The molecule has 0 radical (unpaired) electrons. The van der Waals surface area contributed by atoms with Gasteiger partial charge in [-0.2, -0.15) is 0 Å². The largest absolute Gasteiger partial charge is 1.00 e. The zero-order chi connectivity index (χ0) is 21.0. The molecule has 3 heterocycles. The maximum atomic E-state index is 13.9. The molecule has 2 aliphatic rings. The minimum atomic E-state index is -0.192. The molecule has 0 aliphatic carbocycles. The first-order chi connectivity index (χ1) is 14.5. The quantitative estimate of drug-likeness (QED) is 0.382.